The summed E-state index contributed by atoms with van der Waals surface area (Å²) in [7, 11) is 1.56. The number of methoxy groups -OCH3 is 1. The summed E-state index contributed by atoms with van der Waals surface area (Å²) in [5.41, 5.74) is 3.43. The summed E-state index contributed by atoms with van der Waals surface area (Å²) in [6, 6.07) is 9.04. The number of rotatable bonds is 4. The standard InChI is InChI=1S/C21H20N4O3/c1-13-23-19-6-4-3-5-17(19)21(26)25(13)12-15-9-20(28-24-15)18-10-16(27-2)8-7-14(18)11-22/h7-10H,3-6,12H2,1-2H3. The first kappa shape index (κ1) is 18.0. The molecule has 0 N–H and O–H groups in total. The number of hydrogen-bond donors (Lipinski definition) is 0. The summed E-state index contributed by atoms with van der Waals surface area (Å²) in [5.74, 6) is 1.76. The highest BCUT2D eigenvalue weighted by Crippen LogP contribution is 2.28. The van der Waals surface area contributed by atoms with Crippen LogP contribution in [-0.4, -0.2) is 21.8 Å². The Morgan fingerprint density at radius 3 is 2.89 bits per heavy atom. The molecule has 0 fully saturated rings. The predicted molar refractivity (Wildman–Crippen MR) is 102 cm³/mol. The van der Waals surface area contributed by atoms with E-state index in [-0.39, 0.29) is 12.1 Å². The van der Waals surface area contributed by atoms with Crippen molar-refractivity contribution in [3.63, 3.8) is 0 Å². The molecule has 0 saturated heterocycles. The molecule has 0 aliphatic heterocycles. The molecule has 3 aromatic rings. The first-order valence-corrected chi connectivity index (χ1v) is 9.24. The average Bonchev–Trinajstić information content (AvgIpc) is 3.19. The average molecular weight is 376 g/mol. The van der Waals surface area contributed by atoms with Crippen LogP contribution in [0.5, 0.6) is 5.75 Å². The van der Waals surface area contributed by atoms with Gasteiger partial charge in [0.2, 0.25) is 0 Å². The molecule has 142 valence electrons. The second-order valence-electron chi connectivity index (χ2n) is 6.89. The molecular formula is C21H20N4O3. The minimum atomic E-state index is 0.00541. The van der Waals surface area contributed by atoms with E-state index in [0.717, 1.165) is 36.9 Å². The Hall–Kier alpha value is -3.40. The number of ether oxygens (including phenoxy) is 1. The third-order valence-corrected chi connectivity index (χ3v) is 5.12. The van der Waals surface area contributed by atoms with Crippen molar-refractivity contribution in [3.8, 4) is 23.1 Å². The third kappa shape index (κ3) is 3.18. The predicted octanol–water partition coefficient (Wildman–Crippen LogP) is 3.01. The number of aromatic nitrogens is 3. The van der Waals surface area contributed by atoms with E-state index >= 15 is 0 Å². The van der Waals surface area contributed by atoms with Gasteiger partial charge in [-0.2, -0.15) is 5.26 Å². The lowest BCUT2D eigenvalue weighted by Gasteiger charge is -2.17. The van der Waals surface area contributed by atoms with E-state index in [9.17, 15) is 10.1 Å². The second kappa shape index (κ2) is 7.31. The Kier molecular flexibility index (Phi) is 4.70. The smallest absolute Gasteiger partial charge is 0.257 e. The van der Waals surface area contributed by atoms with Crippen LogP contribution in [0, 0.1) is 18.3 Å². The molecule has 0 saturated carbocycles. The van der Waals surface area contributed by atoms with Crippen LogP contribution in [0.3, 0.4) is 0 Å². The van der Waals surface area contributed by atoms with Crippen molar-refractivity contribution in [3.05, 3.63) is 63.0 Å². The van der Waals surface area contributed by atoms with Gasteiger partial charge in [-0.25, -0.2) is 4.98 Å². The number of hydrogen-bond acceptors (Lipinski definition) is 6. The lowest BCUT2D eigenvalue weighted by atomic mass is 9.97. The summed E-state index contributed by atoms with van der Waals surface area (Å²) in [6.07, 6.45) is 3.75. The van der Waals surface area contributed by atoms with Crippen LogP contribution in [0.4, 0.5) is 0 Å². The van der Waals surface area contributed by atoms with Gasteiger partial charge in [-0.3, -0.25) is 9.36 Å². The molecular weight excluding hydrogens is 356 g/mol. The van der Waals surface area contributed by atoms with Crippen LogP contribution < -0.4 is 10.3 Å². The van der Waals surface area contributed by atoms with E-state index in [1.54, 1.807) is 35.9 Å². The summed E-state index contributed by atoms with van der Waals surface area (Å²) in [4.78, 5) is 17.5. The Bertz CT molecular complexity index is 1140. The first-order valence-electron chi connectivity index (χ1n) is 9.24. The van der Waals surface area contributed by atoms with E-state index in [4.69, 9.17) is 9.26 Å². The molecule has 1 aliphatic carbocycles. The minimum Gasteiger partial charge on any atom is -0.497 e. The van der Waals surface area contributed by atoms with E-state index < -0.39 is 0 Å². The van der Waals surface area contributed by atoms with Gasteiger partial charge in [-0.05, 0) is 50.8 Å². The summed E-state index contributed by atoms with van der Waals surface area (Å²) >= 11 is 0. The van der Waals surface area contributed by atoms with Crippen LogP contribution in [0.1, 0.15) is 41.2 Å². The fourth-order valence-electron chi connectivity index (χ4n) is 3.62. The topological polar surface area (TPSA) is 93.9 Å². The van der Waals surface area contributed by atoms with Crippen LogP contribution in [0.15, 0.2) is 33.6 Å². The van der Waals surface area contributed by atoms with E-state index in [0.29, 0.717) is 34.2 Å². The van der Waals surface area contributed by atoms with Crippen molar-refractivity contribution in [2.75, 3.05) is 7.11 Å². The molecule has 0 unspecified atom stereocenters. The number of aryl methyl sites for hydroxylation is 2. The molecule has 0 spiro atoms. The Morgan fingerprint density at radius 1 is 1.29 bits per heavy atom. The van der Waals surface area contributed by atoms with Gasteiger partial charge in [0.1, 0.15) is 17.3 Å². The highest BCUT2D eigenvalue weighted by atomic mass is 16.5. The minimum absolute atomic E-state index is 0.00541. The number of benzene rings is 1. The van der Waals surface area contributed by atoms with E-state index in [1.807, 2.05) is 6.92 Å². The molecule has 2 heterocycles. The van der Waals surface area contributed by atoms with E-state index in [2.05, 4.69) is 16.2 Å². The van der Waals surface area contributed by atoms with Gasteiger partial charge in [0, 0.05) is 17.2 Å². The van der Waals surface area contributed by atoms with Crippen molar-refractivity contribution in [2.45, 2.75) is 39.2 Å². The Labute approximate surface area is 162 Å². The molecule has 0 amide bonds. The number of fused-ring (bicyclic) bond motifs is 1. The van der Waals surface area contributed by atoms with Crippen LogP contribution in [0.25, 0.3) is 11.3 Å². The normalized spacial score (nSPS) is 13.0. The third-order valence-electron chi connectivity index (χ3n) is 5.12. The zero-order valence-electron chi connectivity index (χ0n) is 15.9. The van der Waals surface area contributed by atoms with Gasteiger partial charge in [0.25, 0.3) is 5.56 Å². The van der Waals surface area contributed by atoms with Crippen molar-refractivity contribution in [1.82, 2.24) is 14.7 Å². The molecule has 28 heavy (non-hydrogen) atoms. The number of nitrogens with zero attached hydrogens (tertiary/aromatic N) is 4. The van der Waals surface area contributed by atoms with Gasteiger partial charge in [0.05, 0.1) is 31.0 Å². The molecule has 0 radical (unpaired) electrons. The zero-order chi connectivity index (χ0) is 19.7. The molecule has 7 nitrogen and oxygen atoms in total. The van der Waals surface area contributed by atoms with Gasteiger partial charge in [0.15, 0.2) is 5.76 Å². The van der Waals surface area contributed by atoms with Crippen molar-refractivity contribution in [2.24, 2.45) is 0 Å². The van der Waals surface area contributed by atoms with Gasteiger partial charge in [-0.15, -0.1) is 0 Å². The van der Waals surface area contributed by atoms with Crippen LogP contribution in [0.2, 0.25) is 0 Å². The first-order chi connectivity index (χ1) is 13.6. The van der Waals surface area contributed by atoms with Crippen molar-refractivity contribution >= 4 is 0 Å². The summed E-state index contributed by atoms with van der Waals surface area (Å²) in [6.45, 7) is 2.12. The van der Waals surface area contributed by atoms with Crippen LogP contribution in [-0.2, 0) is 19.4 Å². The lowest BCUT2D eigenvalue weighted by Crippen LogP contribution is -2.31. The lowest BCUT2D eigenvalue weighted by molar-refractivity contribution is 0.411. The largest absolute Gasteiger partial charge is 0.497 e. The maximum absolute atomic E-state index is 12.9. The van der Waals surface area contributed by atoms with Gasteiger partial charge < -0.3 is 9.26 Å². The van der Waals surface area contributed by atoms with Crippen molar-refractivity contribution in [1.29, 1.82) is 5.26 Å². The summed E-state index contributed by atoms with van der Waals surface area (Å²) in [5, 5.41) is 13.5. The molecule has 0 atom stereocenters. The van der Waals surface area contributed by atoms with Crippen molar-refractivity contribution < 1.29 is 9.26 Å². The zero-order valence-corrected chi connectivity index (χ0v) is 15.9. The fraction of sp³-hybridized carbons (Fsp3) is 0.333. The van der Waals surface area contributed by atoms with Crippen LogP contribution >= 0.6 is 0 Å². The quantitative estimate of drug-likeness (QED) is 0.695. The molecule has 2 aromatic heterocycles. The maximum atomic E-state index is 12.9. The molecule has 7 heteroatoms. The molecule has 1 aromatic carbocycles. The van der Waals surface area contributed by atoms with Gasteiger partial charge >= 0.3 is 0 Å². The number of nitriles is 1. The monoisotopic (exact) mass is 376 g/mol. The maximum Gasteiger partial charge on any atom is 0.257 e. The SMILES string of the molecule is COc1ccc(C#N)c(-c2cc(Cn3c(C)nc4c(c3=O)CCCC4)no2)c1. The fourth-order valence-corrected chi connectivity index (χ4v) is 3.62. The summed E-state index contributed by atoms with van der Waals surface area (Å²) < 4.78 is 12.3. The van der Waals surface area contributed by atoms with Gasteiger partial charge in [-0.1, -0.05) is 5.16 Å². The Morgan fingerprint density at radius 2 is 2.11 bits per heavy atom. The Balaban J connectivity index is 1.69. The van der Waals surface area contributed by atoms with E-state index in [1.165, 1.54) is 0 Å². The molecule has 1 aliphatic rings. The second-order valence-corrected chi connectivity index (χ2v) is 6.89. The molecule has 4 rings (SSSR count). The molecule has 0 bridgehead atoms. The highest BCUT2D eigenvalue weighted by Gasteiger charge is 2.19. The highest BCUT2D eigenvalue weighted by molar-refractivity contribution is 5.68.